The number of rotatable bonds is 4. The molecule has 4 rings (SSSR count). The van der Waals surface area contributed by atoms with E-state index in [1.54, 1.807) is 19.3 Å². The van der Waals surface area contributed by atoms with E-state index < -0.39 is 0 Å². The molecule has 0 spiro atoms. The van der Waals surface area contributed by atoms with Crippen LogP contribution in [0.25, 0.3) is 11.3 Å². The molecule has 1 aliphatic heterocycles. The number of aryl methyl sites for hydroxylation is 3. The lowest BCUT2D eigenvalue weighted by Crippen LogP contribution is -2.28. The van der Waals surface area contributed by atoms with Gasteiger partial charge in [0.1, 0.15) is 12.1 Å². The fourth-order valence-corrected chi connectivity index (χ4v) is 3.59. The largest absolute Gasteiger partial charge is 0.361 e. The predicted octanol–water partition coefficient (Wildman–Crippen LogP) is 2.75. The highest BCUT2D eigenvalue weighted by Crippen LogP contribution is 2.27. The Bertz CT molecular complexity index is 958. The summed E-state index contributed by atoms with van der Waals surface area (Å²) < 4.78 is 10.3. The van der Waals surface area contributed by atoms with Crippen LogP contribution in [0.3, 0.4) is 0 Å². The van der Waals surface area contributed by atoms with Gasteiger partial charge >= 0.3 is 0 Å². The monoisotopic (exact) mass is 367 g/mol. The molecule has 1 saturated heterocycles. The van der Waals surface area contributed by atoms with Crippen molar-refractivity contribution in [2.75, 3.05) is 13.1 Å². The van der Waals surface area contributed by atoms with Crippen LogP contribution in [0, 0.1) is 26.7 Å². The summed E-state index contributed by atoms with van der Waals surface area (Å²) in [7, 11) is 0. The molecule has 1 atom stereocenters. The number of likely N-dealkylation sites (tertiary alicyclic amines) is 1. The highest BCUT2D eigenvalue weighted by molar-refractivity contribution is 5.91. The standard InChI is InChI=1S/C19H21N5O3/c1-11-6-17(27-22-11)19(25)24-5-4-14(9-24)7-15-8-16(21-10-20-15)18-12(2)23-26-13(18)3/h6,8,10,14H,4-5,7,9H2,1-3H3. The summed E-state index contributed by atoms with van der Waals surface area (Å²) in [4.78, 5) is 23.1. The van der Waals surface area contributed by atoms with Crippen LogP contribution in [0.1, 0.15) is 39.8 Å². The first-order valence-electron chi connectivity index (χ1n) is 8.98. The molecular formula is C19H21N5O3. The average molecular weight is 367 g/mol. The molecule has 0 bridgehead atoms. The van der Waals surface area contributed by atoms with Gasteiger partial charge in [-0.25, -0.2) is 9.97 Å². The number of aromatic nitrogens is 4. The summed E-state index contributed by atoms with van der Waals surface area (Å²) in [6.07, 6.45) is 3.30. The second kappa shape index (κ2) is 6.94. The van der Waals surface area contributed by atoms with Crippen molar-refractivity contribution >= 4 is 5.91 Å². The molecule has 27 heavy (non-hydrogen) atoms. The zero-order valence-electron chi connectivity index (χ0n) is 15.6. The van der Waals surface area contributed by atoms with E-state index >= 15 is 0 Å². The Kier molecular flexibility index (Phi) is 4.47. The van der Waals surface area contributed by atoms with E-state index in [-0.39, 0.29) is 5.91 Å². The van der Waals surface area contributed by atoms with Gasteiger partial charge < -0.3 is 13.9 Å². The molecular weight excluding hydrogens is 346 g/mol. The lowest BCUT2D eigenvalue weighted by molar-refractivity contribution is 0.0745. The van der Waals surface area contributed by atoms with Crippen molar-refractivity contribution in [3.8, 4) is 11.3 Å². The normalized spacial score (nSPS) is 16.9. The first-order valence-corrected chi connectivity index (χ1v) is 8.98. The molecule has 140 valence electrons. The van der Waals surface area contributed by atoms with Crippen LogP contribution in [-0.4, -0.2) is 44.2 Å². The van der Waals surface area contributed by atoms with Crippen molar-refractivity contribution in [1.82, 2.24) is 25.2 Å². The van der Waals surface area contributed by atoms with Gasteiger partial charge in [0.05, 0.1) is 22.6 Å². The van der Waals surface area contributed by atoms with Gasteiger partial charge in [0.25, 0.3) is 5.91 Å². The van der Waals surface area contributed by atoms with E-state index in [2.05, 4.69) is 20.3 Å². The van der Waals surface area contributed by atoms with Crippen LogP contribution in [0.2, 0.25) is 0 Å². The number of hydrogen-bond donors (Lipinski definition) is 0. The average Bonchev–Trinajstić information content (AvgIpc) is 3.36. The van der Waals surface area contributed by atoms with E-state index in [1.807, 2.05) is 24.8 Å². The van der Waals surface area contributed by atoms with Crippen molar-refractivity contribution in [2.24, 2.45) is 5.92 Å². The van der Waals surface area contributed by atoms with Crippen LogP contribution in [-0.2, 0) is 6.42 Å². The number of amides is 1. The third-order valence-electron chi connectivity index (χ3n) is 4.92. The fraction of sp³-hybridized carbons (Fsp3) is 0.421. The zero-order chi connectivity index (χ0) is 19.0. The summed E-state index contributed by atoms with van der Waals surface area (Å²) in [6.45, 7) is 6.98. The topological polar surface area (TPSA) is 98.2 Å². The molecule has 0 N–H and O–H groups in total. The molecule has 1 unspecified atom stereocenters. The van der Waals surface area contributed by atoms with E-state index in [0.717, 1.165) is 41.2 Å². The summed E-state index contributed by atoms with van der Waals surface area (Å²) in [6, 6.07) is 3.66. The van der Waals surface area contributed by atoms with E-state index in [1.165, 1.54) is 0 Å². The van der Waals surface area contributed by atoms with Crippen molar-refractivity contribution in [3.05, 3.63) is 47.1 Å². The molecule has 1 aliphatic rings. The minimum atomic E-state index is -0.0998. The summed E-state index contributed by atoms with van der Waals surface area (Å²) in [5.41, 5.74) is 4.22. The molecule has 0 aliphatic carbocycles. The molecule has 0 aromatic carbocycles. The molecule has 1 fully saturated rings. The maximum atomic E-state index is 12.5. The third kappa shape index (κ3) is 3.47. The van der Waals surface area contributed by atoms with Gasteiger partial charge in [-0.2, -0.15) is 0 Å². The van der Waals surface area contributed by atoms with Crippen molar-refractivity contribution in [2.45, 2.75) is 33.6 Å². The van der Waals surface area contributed by atoms with Crippen LogP contribution < -0.4 is 0 Å². The summed E-state index contributed by atoms with van der Waals surface area (Å²) in [5.74, 6) is 1.30. The van der Waals surface area contributed by atoms with Crippen LogP contribution in [0.5, 0.6) is 0 Å². The highest BCUT2D eigenvalue weighted by Gasteiger charge is 2.29. The molecule has 8 heteroatoms. The number of nitrogens with zero attached hydrogens (tertiary/aromatic N) is 5. The highest BCUT2D eigenvalue weighted by atomic mass is 16.5. The molecule has 4 heterocycles. The number of carbonyl (C=O) groups excluding carboxylic acids is 1. The van der Waals surface area contributed by atoms with Gasteiger partial charge in [-0.05, 0) is 45.6 Å². The maximum Gasteiger partial charge on any atom is 0.292 e. The molecule has 3 aromatic rings. The summed E-state index contributed by atoms with van der Waals surface area (Å²) >= 11 is 0. The SMILES string of the molecule is Cc1cc(C(=O)N2CCC(Cc3cc(-c4c(C)noc4C)ncn3)C2)on1. The number of carbonyl (C=O) groups is 1. The first-order chi connectivity index (χ1) is 13.0. The Morgan fingerprint density at radius 2 is 2.04 bits per heavy atom. The second-order valence-electron chi connectivity index (χ2n) is 7.04. The smallest absolute Gasteiger partial charge is 0.292 e. The molecule has 8 nitrogen and oxygen atoms in total. The minimum absolute atomic E-state index is 0.0998. The van der Waals surface area contributed by atoms with Gasteiger partial charge in [0.15, 0.2) is 0 Å². The second-order valence-corrected chi connectivity index (χ2v) is 7.04. The van der Waals surface area contributed by atoms with Crippen molar-refractivity contribution in [3.63, 3.8) is 0 Å². The van der Waals surface area contributed by atoms with E-state index in [0.29, 0.717) is 30.5 Å². The van der Waals surface area contributed by atoms with Gasteiger partial charge in [-0.15, -0.1) is 0 Å². The summed E-state index contributed by atoms with van der Waals surface area (Å²) in [5, 5.41) is 7.78. The van der Waals surface area contributed by atoms with Gasteiger partial charge in [0.2, 0.25) is 5.76 Å². The van der Waals surface area contributed by atoms with Crippen molar-refractivity contribution < 1.29 is 13.8 Å². The predicted molar refractivity (Wildman–Crippen MR) is 96.0 cm³/mol. The van der Waals surface area contributed by atoms with E-state index in [9.17, 15) is 4.79 Å². The zero-order valence-corrected chi connectivity index (χ0v) is 15.6. The quantitative estimate of drug-likeness (QED) is 0.699. The fourth-order valence-electron chi connectivity index (χ4n) is 3.59. The Labute approximate surface area is 156 Å². The Balaban J connectivity index is 1.45. The van der Waals surface area contributed by atoms with E-state index in [4.69, 9.17) is 9.05 Å². The lowest BCUT2D eigenvalue weighted by Gasteiger charge is -2.14. The number of hydrogen-bond acceptors (Lipinski definition) is 7. The Hall–Kier alpha value is -3.03. The van der Waals surface area contributed by atoms with Crippen LogP contribution in [0.15, 0.2) is 27.5 Å². The molecule has 0 radical (unpaired) electrons. The van der Waals surface area contributed by atoms with Crippen molar-refractivity contribution in [1.29, 1.82) is 0 Å². The Morgan fingerprint density at radius 1 is 1.19 bits per heavy atom. The van der Waals surface area contributed by atoms with Gasteiger partial charge in [0, 0.05) is 24.8 Å². The lowest BCUT2D eigenvalue weighted by atomic mass is 10.0. The van der Waals surface area contributed by atoms with Crippen LogP contribution >= 0.6 is 0 Å². The van der Waals surface area contributed by atoms with Crippen LogP contribution in [0.4, 0.5) is 0 Å². The van der Waals surface area contributed by atoms with Gasteiger partial charge in [-0.3, -0.25) is 4.79 Å². The molecule has 3 aromatic heterocycles. The molecule has 1 amide bonds. The maximum absolute atomic E-state index is 12.5. The molecule has 0 saturated carbocycles. The Morgan fingerprint density at radius 3 is 2.74 bits per heavy atom. The minimum Gasteiger partial charge on any atom is -0.361 e. The van der Waals surface area contributed by atoms with Gasteiger partial charge in [-0.1, -0.05) is 10.3 Å². The third-order valence-corrected chi connectivity index (χ3v) is 4.92. The first kappa shape index (κ1) is 17.4.